The molecule has 1 saturated carbocycles. The summed E-state index contributed by atoms with van der Waals surface area (Å²) in [5.41, 5.74) is -0.437. The average molecular weight is 346 g/mol. The summed E-state index contributed by atoms with van der Waals surface area (Å²) in [4.78, 5) is 26.1. The number of carboxylic acid groups (broad SMARTS) is 1. The van der Waals surface area contributed by atoms with Crippen LogP contribution in [-0.4, -0.2) is 28.9 Å². The minimum absolute atomic E-state index is 0.0816. The average Bonchev–Trinajstić information content (AvgIpc) is 2.63. The highest BCUT2D eigenvalue weighted by Gasteiger charge is 2.66. The lowest BCUT2D eigenvalue weighted by Crippen LogP contribution is -2.29. The van der Waals surface area contributed by atoms with Crippen LogP contribution in [0.3, 0.4) is 0 Å². The molecule has 1 amide bonds. The van der Waals surface area contributed by atoms with Gasteiger partial charge in [-0.2, -0.15) is 0 Å². The fraction of sp³-hybridized carbons (Fsp3) is 0.538. The van der Waals surface area contributed by atoms with Crippen molar-refractivity contribution < 1.29 is 14.7 Å². The van der Waals surface area contributed by atoms with Crippen LogP contribution in [-0.2, 0) is 16.1 Å². The summed E-state index contributed by atoms with van der Waals surface area (Å²) in [5.74, 6) is -1.92. The molecule has 104 valence electrons. The number of nitrogens with zero attached hydrogens (tertiary/aromatic N) is 1. The normalized spacial score (nSPS) is 24.0. The number of carbonyl (C=O) groups is 2. The number of carboxylic acids is 1. The first-order valence-corrected chi connectivity index (χ1v) is 7.58. The first kappa shape index (κ1) is 14.5. The highest BCUT2D eigenvalue weighted by atomic mass is 79.9. The molecule has 2 atom stereocenters. The summed E-state index contributed by atoms with van der Waals surface area (Å²) in [6.07, 6.45) is 0. The van der Waals surface area contributed by atoms with E-state index in [-0.39, 0.29) is 5.91 Å². The molecule has 6 heteroatoms. The Bertz CT molecular complexity index is 526. The maximum Gasteiger partial charge on any atom is 0.307 e. The van der Waals surface area contributed by atoms with Gasteiger partial charge in [-0.05, 0) is 33.5 Å². The van der Waals surface area contributed by atoms with Gasteiger partial charge in [-0.25, -0.2) is 0 Å². The summed E-state index contributed by atoms with van der Waals surface area (Å²) in [6, 6.07) is 3.91. The third kappa shape index (κ3) is 2.69. The van der Waals surface area contributed by atoms with Crippen molar-refractivity contribution in [3.63, 3.8) is 0 Å². The number of halogens is 1. The van der Waals surface area contributed by atoms with Crippen LogP contribution in [0.1, 0.15) is 18.7 Å². The number of hydrogen-bond donors (Lipinski definition) is 1. The number of hydrogen-bond acceptors (Lipinski definition) is 3. The maximum absolute atomic E-state index is 12.3. The molecule has 0 unspecified atom stereocenters. The lowest BCUT2D eigenvalue weighted by atomic mass is 10.1. The molecule has 19 heavy (non-hydrogen) atoms. The van der Waals surface area contributed by atoms with Gasteiger partial charge in [-0.3, -0.25) is 9.59 Å². The Morgan fingerprint density at radius 2 is 2.05 bits per heavy atom. The van der Waals surface area contributed by atoms with Gasteiger partial charge >= 0.3 is 5.97 Å². The van der Waals surface area contributed by atoms with E-state index in [4.69, 9.17) is 5.11 Å². The third-order valence-corrected chi connectivity index (χ3v) is 5.37. The van der Waals surface area contributed by atoms with E-state index in [9.17, 15) is 9.59 Å². The second-order valence-electron chi connectivity index (χ2n) is 5.52. The van der Waals surface area contributed by atoms with Gasteiger partial charge in [-0.15, -0.1) is 11.3 Å². The van der Waals surface area contributed by atoms with E-state index in [2.05, 4.69) is 15.9 Å². The van der Waals surface area contributed by atoms with Crippen molar-refractivity contribution in [2.75, 3.05) is 7.05 Å². The number of rotatable bonds is 4. The second-order valence-corrected chi connectivity index (χ2v) is 8.06. The third-order valence-electron chi connectivity index (χ3n) is 3.76. The van der Waals surface area contributed by atoms with Crippen molar-refractivity contribution in [2.24, 2.45) is 17.3 Å². The van der Waals surface area contributed by atoms with E-state index in [0.717, 1.165) is 8.66 Å². The molecule has 0 saturated heterocycles. The molecule has 0 spiro atoms. The molecule has 1 aromatic heterocycles. The van der Waals surface area contributed by atoms with Crippen LogP contribution < -0.4 is 0 Å². The fourth-order valence-electron chi connectivity index (χ4n) is 2.55. The summed E-state index contributed by atoms with van der Waals surface area (Å²) < 4.78 is 1.03. The lowest BCUT2D eigenvalue weighted by molar-refractivity contribution is -0.141. The van der Waals surface area contributed by atoms with Crippen molar-refractivity contribution in [1.29, 1.82) is 0 Å². The van der Waals surface area contributed by atoms with Crippen LogP contribution in [0.25, 0.3) is 0 Å². The quantitative estimate of drug-likeness (QED) is 0.912. The number of amides is 1. The minimum atomic E-state index is -0.879. The van der Waals surface area contributed by atoms with Gasteiger partial charge in [0.25, 0.3) is 0 Å². The SMILES string of the molecule is CN(Cc1ccc(Br)s1)C(=O)[C@@H]1[C@H](C(=O)O)C1(C)C. The predicted octanol–water partition coefficient (Wildman–Crippen LogP) is 2.83. The van der Waals surface area contributed by atoms with Gasteiger partial charge in [0.15, 0.2) is 0 Å². The van der Waals surface area contributed by atoms with Gasteiger partial charge in [0.05, 0.1) is 22.2 Å². The molecule has 4 nitrogen and oxygen atoms in total. The molecule has 1 aliphatic carbocycles. The highest BCUT2D eigenvalue weighted by molar-refractivity contribution is 9.11. The molecule has 0 bridgehead atoms. The topological polar surface area (TPSA) is 57.6 Å². The smallest absolute Gasteiger partial charge is 0.307 e. The van der Waals surface area contributed by atoms with E-state index >= 15 is 0 Å². The zero-order valence-electron chi connectivity index (χ0n) is 11.0. The molecule has 0 aliphatic heterocycles. The summed E-state index contributed by atoms with van der Waals surface area (Å²) in [7, 11) is 1.73. The van der Waals surface area contributed by atoms with Crippen molar-refractivity contribution in [1.82, 2.24) is 4.90 Å². The second kappa shape index (κ2) is 4.90. The Kier molecular flexibility index (Phi) is 3.75. The number of thiophene rings is 1. The van der Waals surface area contributed by atoms with Gasteiger partial charge in [0, 0.05) is 11.9 Å². The summed E-state index contributed by atoms with van der Waals surface area (Å²) in [6.45, 7) is 4.20. The maximum atomic E-state index is 12.3. The molecule has 1 aliphatic rings. The van der Waals surface area contributed by atoms with Crippen molar-refractivity contribution in [2.45, 2.75) is 20.4 Å². The fourth-order valence-corrected chi connectivity index (χ4v) is 4.08. The van der Waals surface area contributed by atoms with Gasteiger partial charge in [0.2, 0.25) is 5.91 Å². The minimum Gasteiger partial charge on any atom is -0.481 e. The first-order chi connectivity index (χ1) is 8.75. The van der Waals surface area contributed by atoms with Crippen molar-refractivity contribution >= 4 is 39.1 Å². The van der Waals surface area contributed by atoms with Crippen molar-refractivity contribution in [3.05, 3.63) is 20.8 Å². The summed E-state index contributed by atoms with van der Waals surface area (Å²) >= 11 is 4.96. The molecule has 2 rings (SSSR count). The van der Waals surface area contributed by atoms with Gasteiger partial charge in [0.1, 0.15) is 0 Å². The highest BCUT2D eigenvalue weighted by Crippen LogP contribution is 2.59. The van der Waals surface area contributed by atoms with E-state index in [1.165, 1.54) is 0 Å². The van der Waals surface area contributed by atoms with Crippen LogP contribution in [0.2, 0.25) is 0 Å². The van der Waals surface area contributed by atoms with Crippen LogP contribution >= 0.6 is 27.3 Å². The van der Waals surface area contributed by atoms with Crippen molar-refractivity contribution in [3.8, 4) is 0 Å². The Morgan fingerprint density at radius 3 is 2.47 bits per heavy atom. The summed E-state index contributed by atoms with van der Waals surface area (Å²) in [5, 5.41) is 9.11. The molecule has 0 aromatic carbocycles. The molecule has 1 N–H and O–H groups in total. The standard InChI is InChI=1S/C13H16BrNO3S/c1-13(2)9(10(13)12(17)18)11(16)15(3)6-7-4-5-8(14)19-7/h4-5,9-10H,6H2,1-3H3,(H,17,18)/t9-,10+/m0/s1. The Balaban J connectivity index is 2.03. The van der Waals surface area contributed by atoms with E-state index in [0.29, 0.717) is 6.54 Å². The molecule has 1 fully saturated rings. The Labute approximate surface area is 124 Å². The zero-order valence-corrected chi connectivity index (χ0v) is 13.4. The first-order valence-electron chi connectivity index (χ1n) is 5.97. The molecule has 0 radical (unpaired) electrons. The Hall–Kier alpha value is -0.880. The predicted molar refractivity (Wildman–Crippen MR) is 76.9 cm³/mol. The monoisotopic (exact) mass is 345 g/mol. The van der Waals surface area contributed by atoms with E-state index in [1.54, 1.807) is 23.3 Å². The van der Waals surface area contributed by atoms with Gasteiger partial charge in [-0.1, -0.05) is 13.8 Å². The van der Waals surface area contributed by atoms with E-state index in [1.807, 2.05) is 26.0 Å². The molecule has 1 heterocycles. The number of aliphatic carboxylic acids is 1. The molecular weight excluding hydrogens is 330 g/mol. The van der Waals surface area contributed by atoms with Crippen LogP contribution in [0.5, 0.6) is 0 Å². The zero-order chi connectivity index (χ0) is 14.4. The Morgan fingerprint density at radius 1 is 1.42 bits per heavy atom. The van der Waals surface area contributed by atoms with Crippen LogP contribution in [0.15, 0.2) is 15.9 Å². The van der Waals surface area contributed by atoms with Crippen LogP contribution in [0.4, 0.5) is 0 Å². The largest absolute Gasteiger partial charge is 0.481 e. The van der Waals surface area contributed by atoms with E-state index < -0.39 is 23.2 Å². The van der Waals surface area contributed by atoms with Gasteiger partial charge < -0.3 is 10.0 Å². The lowest BCUT2D eigenvalue weighted by Gasteiger charge is -2.17. The molecule has 1 aromatic rings. The number of carbonyl (C=O) groups excluding carboxylic acids is 1. The molecular formula is C13H16BrNO3S. The van der Waals surface area contributed by atoms with Crippen LogP contribution in [0, 0.1) is 17.3 Å².